The van der Waals surface area contributed by atoms with Gasteiger partial charge in [0.05, 0.1) is 10.4 Å². The number of nitro groups is 1. The molecule has 0 saturated heterocycles. The fourth-order valence-electron chi connectivity index (χ4n) is 3.14. The highest BCUT2D eigenvalue weighted by Crippen LogP contribution is 2.61. The lowest BCUT2D eigenvalue weighted by Crippen LogP contribution is -2.18. The van der Waals surface area contributed by atoms with E-state index in [1.807, 2.05) is 0 Å². The molecule has 6 heteroatoms. The van der Waals surface area contributed by atoms with E-state index < -0.39 is 0 Å². The Balaban J connectivity index is 1.64. The number of fused-ring (bicyclic) bond motifs is 1. The molecule has 1 N–H and O–H groups in total. The number of anilines is 1. The minimum atomic E-state index is -0.386. The van der Waals surface area contributed by atoms with Gasteiger partial charge in [-0.05, 0) is 43.1 Å². The molecule has 108 valence electrons. The molecule has 2 aliphatic rings. The van der Waals surface area contributed by atoms with Gasteiger partial charge < -0.3 is 5.32 Å². The van der Waals surface area contributed by atoms with Crippen LogP contribution in [0.1, 0.15) is 25.7 Å². The Hall–Kier alpha value is -2.24. The number of benzene rings is 1. The summed E-state index contributed by atoms with van der Waals surface area (Å²) in [6.07, 6.45) is 6.77. The van der Waals surface area contributed by atoms with E-state index in [1.165, 1.54) is 38.1 Å². The quantitative estimate of drug-likeness (QED) is 0.673. The van der Waals surface area contributed by atoms with Crippen molar-refractivity contribution < 1.29 is 4.92 Å². The summed E-state index contributed by atoms with van der Waals surface area (Å²) in [6, 6.07) is 4.70. The van der Waals surface area contributed by atoms with Crippen LogP contribution in [0.3, 0.4) is 0 Å². The van der Waals surface area contributed by atoms with E-state index in [2.05, 4.69) is 15.3 Å². The molecule has 0 atom stereocenters. The fraction of sp³-hybridized carbons (Fsp3) is 0.467. The molecule has 2 saturated carbocycles. The van der Waals surface area contributed by atoms with Crippen LogP contribution in [0.2, 0.25) is 0 Å². The van der Waals surface area contributed by atoms with Crippen molar-refractivity contribution in [3.8, 4) is 0 Å². The second-order valence-electron chi connectivity index (χ2n) is 6.17. The first-order valence-corrected chi connectivity index (χ1v) is 7.31. The maximum Gasteiger partial charge on any atom is 0.270 e. The van der Waals surface area contributed by atoms with Gasteiger partial charge in [-0.25, -0.2) is 9.97 Å². The summed E-state index contributed by atoms with van der Waals surface area (Å²) in [5.74, 6) is 1.57. The molecule has 0 spiro atoms. The smallest absolute Gasteiger partial charge is 0.270 e. The van der Waals surface area contributed by atoms with Crippen molar-refractivity contribution in [3.05, 3.63) is 34.6 Å². The first-order valence-electron chi connectivity index (χ1n) is 7.31. The van der Waals surface area contributed by atoms with Gasteiger partial charge >= 0.3 is 0 Å². The Labute approximate surface area is 121 Å². The number of hydrogen-bond donors (Lipinski definition) is 1. The van der Waals surface area contributed by atoms with Crippen molar-refractivity contribution in [1.29, 1.82) is 0 Å². The predicted octanol–water partition coefficient (Wildman–Crippen LogP) is 3.14. The molecule has 2 aromatic rings. The number of hydrogen-bond acceptors (Lipinski definition) is 5. The van der Waals surface area contributed by atoms with E-state index in [1.54, 1.807) is 12.1 Å². The molecule has 0 amide bonds. The van der Waals surface area contributed by atoms with Gasteiger partial charge in [-0.1, -0.05) is 0 Å². The number of non-ortho nitro benzene ring substituents is 1. The highest BCUT2D eigenvalue weighted by molar-refractivity contribution is 5.90. The minimum Gasteiger partial charge on any atom is -0.369 e. The van der Waals surface area contributed by atoms with Crippen molar-refractivity contribution in [3.63, 3.8) is 0 Å². The lowest BCUT2D eigenvalue weighted by Gasteiger charge is -2.16. The minimum absolute atomic E-state index is 0.0729. The fourth-order valence-corrected chi connectivity index (χ4v) is 3.14. The lowest BCUT2D eigenvalue weighted by atomic mass is 10.0. The molecular formula is C15H16N4O2. The molecule has 4 rings (SSSR count). The van der Waals surface area contributed by atoms with Crippen molar-refractivity contribution in [1.82, 2.24) is 9.97 Å². The third-order valence-electron chi connectivity index (χ3n) is 4.77. The number of aromatic nitrogens is 2. The Kier molecular flexibility index (Phi) is 2.60. The summed E-state index contributed by atoms with van der Waals surface area (Å²) in [6.45, 7) is 0.909. The Bertz CT molecular complexity index is 723. The normalized spacial score (nSPS) is 19.4. The van der Waals surface area contributed by atoms with Crippen LogP contribution in [0.15, 0.2) is 24.5 Å². The summed E-state index contributed by atoms with van der Waals surface area (Å²) in [4.78, 5) is 19.0. The molecule has 1 aromatic heterocycles. The van der Waals surface area contributed by atoms with Crippen LogP contribution in [0.5, 0.6) is 0 Å². The molecule has 0 radical (unpaired) electrons. The van der Waals surface area contributed by atoms with Gasteiger partial charge in [-0.3, -0.25) is 10.1 Å². The van der Waals surface area contributed by atoms with Gasteiger partial charge in [-0.2, -0.15) is 0 Å². The van der Waals surface area contributed by atoms with Crippen LogP contribution in [0, 0.1) is 21.4 Å². The Morgan fingerprint density at radius 2 is 2.14 bits per heavy atom. The SMILES string of the molecule is O=[N+]([O-])c1ccc2ncnc(NCC3(C4CC4)CC3)c2c1. The second kappa shape index (κ2) is 4.38. The maximum absolute atomic E-state index is 10.9. The molecule has 0 bridgehead atoms. The topological polar surface area (TPSA) is 81.0 Å². The van der Waals surface area contributed by atoms with Gasteiger partial charge in [-0.15, -0.1) is 0 Å². The largest absolute Gasteiger partial charge is 0.369 e. The zero-order chi connectivity index (χ0) is 14.4. The first kappa shape index (κ1) is 12.5. The second-order valence-corrected chi connectivity index (χ2v) is 6.17. The van der Waals surface area contributed by atoms with Gasteiger partial charge in [0.2, 0.25) is 0 Å². The monoisotopic (exact) mass is 284 g/mol. The highest BCUT2D eigenvalue weighted by atomic mass is 16.6. The standard InChI is InChI=1S/C15H16N4O2/c20-19(21)11-3-4-13-12(7-11)14(18-9-17-13)16-8-15(5-6-15)10-1-2-10/h3-4,7,9-10H,1-2,5-6,8H2,(H,16,17,18). The summed E-state index contributed by atoms with van der Waals surface area (Å²) < 4.78 is 0. The molecular weight excluding hydrogens is 268 g/mol. The summed E-state index contributed by atoms with van der Waals surface area (Å²) in [7, 11) is 0. The molecule has 21 heavy (non-hydrogen) atoms. The molecule has 0 aliphatic heterocycles. The summed E-state index contributed by atoms with van der Waals surface area (Å²) in [5.41, 5.74) is 1.26. The number of nitro benzene ring substituents is 1. The molecule has 0 unspecified atom stereocenters. The van der Waals surface area contributed by atoms with Gasteiger partial charge in [0.1, 0.15) is 12.1 Å². The molecule has 2 aliphatic carbocycles. The van der Waals surface area contributed by atoms with E-state index in [9.17, 15) is 10.1 Å². The molecule has 6 nitrogen and oxygen atoms in total. The van der Waals surface area contributed by atoms with Gasteiger partial charge in [0.15, 0.2) is 0 Å². The molecule has 2 fully saturated rings. The van der Waals surface area contributed by atoms with Crippen LogP contribution in [0.25, 0.3) is 10.9 Å². The van der Waals surface area contributed by atoms with Crippen molar-refractivity contribution in [2.45, 2.75) is 25.7 Å². The number of nitrogens with zero attached hydrogens (tertiary/aromatic N) is 3. The van der Waals surface area contributed by atoms with Crippen LogP contribution in [-0.2, 0) is 0 Å². The van der Waals surface area contributed by atoms with Gasteiger partial charge in [0, 0.05) is 24.1 Å². The van der Waals surface area contributed by atoms with Crippen LogP contribution in [-0.4, -0.2) is 21.4 Å². The van der Waals surface area contributed by atoms with Crippen LogP contribution >= 0.6 is 0 Å². The van der Waals surface area contributed by atoms with E-state index in [4.69, 9.17) is 0 Å². The van der Waals surface area contributed by atoms with E-state index in [-0.39, 0.29) is 10.6 Å². The van der Waals surface area contributed by atoms with Crippen LogP contribution < -0.4 is 5.32 Å². The Morgan fingerprint density at radius 3 is 2.81 bits per heavy atom. The predicted molar refractivity (Wildman–Crippen MR) is 79.1 cm³/mol. The van der Waals surface area contributed by atoms with E-state index in [0.29, 0.717) is 11.2 Å². The number of nitrogens with one attached hydrogen (secondary N) is 1. The third-order valence-corrected chi connectivity index (χ3v) is 4.77. The molecule has 1 heterocycles. The Morgan fingerprint density at radius 1 is 1.33 bits per heavy atom. The van der Waals surface area contributed by atoms with E-state index in [0.717, 1.165) is 23.4 Å². The average Bonchev–Trinajstić information content (AvgIpc) is 3.37. The van der Waals surface area contributed by atoms with Crippen molar-refractivity contribution in [2.24, 2.45) is 11.3 Å². The average molecular weight is 284 g/mol. The van der Waals surface area contributed by atoms with E-state index >= 15 is 0 Å². The highest BCUT2D eigenvalue weighted by Gasteiger charge is 2.53. The summed E-state index contributed by atoms with van der Waals surface area (Å²) in [5, 5.41) is 15.0. The van der Waals surface area contributed by atoms with Crippen LogP contribution in [0.4, 0.5) is 11.5 Å². The number of rotatable bonds is 5. The lowest BCUT2D eigenvalue weighted by molar-refractivity contribution is -0.384. The maximum atomic E-state index is 10.9. The zero-order valence-corrected chi connectivity index (χ0v) is 11.6. The van der Waals surface area contributed by atoms with Crippen molar-refractivity contribution >= 4 is 22.4 Å². The van der Waals surface area contributed by atoms with Gasteiger partial charge in [0.25, 0.3) is 5.69 Å². The third kappa shape index (κ3) is 2.20. The summed E-state index contributed by atoms with van der Waals surface area (Å²) >= 11 is 0. The zero-order valence-electron chi connectivity index (χ0n) is 11.6. The molecule has 1 aromatic carbocycles. The first-order chi connectivity index (χ1) is 10.2. The van der Waals surface area contributed by atoms with Crippen molar-refractivity contribution in [2.75, 3.05) is 11.9 Å².